The fourth-order valence-corrected chi connectivity index (χ4v) is 5.10. The van der Waals surface area contributed by atoms with Crippen molar-refractivity contribution in [1.82, 2.24) is 4.90 Å². The molecule has 2 aliphatic rings. The monoisotopic (exact) mass is 663 g/mol. The van der Waals surface area contributed by atoms with E-state index in [0.717, 1.165) is 0 Å². The number of amides is 2. The summed E-state index contributed by atoms with van der Waals surface area (Å²) < 4.78 is 25.6. The number of phenolic OH excluding ortho intramolecular Hbond substituents is 2. The fraction of sp³-hybridized carbons (Fsp3) is 0.314. The normalized spacial score (nSPS) is 13.2. The average molecular weight is 664 g/mol. The molecule has 3 N–H and O–H groups in total. The maximum absolute atomic E-state index is 12.8. The second-order valence-electron chi connectivity index (χ2n) is 10.3. The molecule has 48 heavy (non-hydrogen) atoms. The number of hydrogen-bond acceptors (Lipinski definition) is 12. The van der Waals surface area contributed by atoms with Gasteiger partial charge in [0.2, 0.25) is 0 Å². The van der Waals surface area contributed by atoms with Crippen molar-refractivity contribution in [1.29, 1.82) is 0 Å². The van der Waals surface area contributed by atoms with E-state index in [0.29, 0.717) is 83.4 Å². The third-order valence-corrected chi connectivity index (χ3v) is 7.25. The first-order valence-corrected chi connectivity index (χ1v) is 15.2. The van der Waals surface area contributed by atoms with Gasteiger partial charge >= 0.3 is 11.9 Å². The molecule has 0 unspecified atom stereocenters. The molecule has 4 aromatic carbocycles. The second kappa shape index (κ2) is 17.3. The van der Waals surface area contributed by atoms with Gasteiger partial charge in [0, 0.05) is 46.4 Å². The summed E-state index contributed by atoms with van der Waals surface area (Å²) >= 11 is 0. The molecule has 6 rings (SSSR count). The van der Waals surface area contributed by atoms with Crippen LogP contribution in [0.1, 0.15) is 48.4 Å². The van der Waals surface area contributed by atoms with Gasteiger partial charge in [-0.1, -0.05) is 24.3 Å². The van der Waals surface area contributed by atoms with Gasteiger partial charge < -0.3 is 39.0 Å². The highest BCUT2D eigenvalue weighted by atomic mass is 16.6. The number of cyclic esters (lactones) is 2. The molecule has 0 saturated heterocycles. The first-order chi connectivity index (χ1) is 23.2. The van der Waals surface area contributed by atoms with Gasteiger partial charge in [-0.15, -0.1) is 0 Å². The van der Waals surface area contributed by atoms with E-state index < -0.39 is 11.9 Å². The lowest BCUT2D eigenvalue weighted by Gasteiger charge is -2.27. The summed E-state index contributed by atoms with van der Waals surface area (Å²) in [6, 6.07) is 15.8. The number of esters is 2. The Morgan fingerprint density at radius 2 is 1.02 bits per heavy atom. The van der Waals surface area contributed by atoms with Gasteiger partial charge in [0.05, 0.1) is 63.9 Å². The van der Waals surface area contributed by atoms with Crippen molar-refractivity contribution in [2.45, 2.75) is 6.92 Å². The van der Waals surface area contributed by atoms with Crippen LogP contribution in [0.4, 0.5) is 0 Å². The molecular formula is C35H37NO12. The van der Waals surface area contributed by atoms with Crippen LogP contribution in [0, 0.1) is 0 Å². The largest absolute Gasteiger partial charge is 0.507 e. The van der Waals surface area contributed by atoms with Crippen LogP contribution in [0.25, 0.3) is 21.5 Å². The number of aliphatic hydroxyl groups excluding tert-OH is 1. The number of methoxy groups -OCH3 is 1. The van der Waals surface area contributed by atoms with Gasteiger partial charge in [0.25, 0.3) is 11.8 Å². The number of benzene rings is 4. The number of imide groups is 1. The fourth-order valence-electron chi connectivity index (χ4n) is 5.10. The Labute approximate surface area is 276 Å². The first-order valence-electron chi connectivity index (χ1n) is 15.2. The van der Waals surface area contributed by atoms with Crippen molar-refractivity contribution in [3.8, 4) is 11.5 Å². The maximum Gasteiger partial charge on any atom is 0.346 e. The third kappa shape index (κ3) is 8.13. The zero-order valence-electron chi connectivity index (χ0n) is 26.6. The van der Waals surface area contributed by atoms with Gasteiger partial charge in [-0.3, -0.25) is 14.5 Å². The number of carbonyl (C=O) groups excluding carboxylic acids is 4. The van der Waals surface area contributed by atoms with E-state index in [9.17, 15) is 29.4 Å². The highest BCUT2D eigenvalue weighted by molar-refractivity contribution is 6.26. The lowest BCUT2D eigenvalue weighted by Crippen LogP contribution is -2.42. The Hall–Kier alpha value is -4.92. The van der Waals surface area contributed by atoms with E-state index in [1.807, 2.05) is 0 Å². The summed E-state index contributed by atoms with van der Waals surface area (Å²) in [5.41, 5.74) is 1.43. The first kappa shape index (κ1) is 35.9. The molecule has 0 spiro atoms. The van der Waals surface area contributed by atoms with Crippen LogP contribution in [-0.4, -0.2) is 110 Å². The minimum atomic E-state index is -0.672. The summed E-state index contributed by atoms with van der Waals surface area (Å²) in [6.45, 7) is 5.08. The lowest BCUT2D eigenvalue weighted by atomic mass is 9.93. The van der Waals surface area contributed by atoms with E-state index in [1.54, 1.807) is 56.5 Å². The minimum Gasteiger partial charge on any atom is -0.507 e. The van der Waals surface area contributed by atoms with E-state index in [4.69, 9.17) is 24.1 Å². The standard InChI is InChI=1S/C21H25NO7.C12H6O4.C2H6O/c1-26-9-10-28-13-14-29-12-11-27-8-7-22-20(24)16-4-2-3-15-18(23)6-5-17(19(15)16)21(22)25;13-9-5-4-8-10-6(9)2-1-3-7(10)11(14)16-12(8)15;1-2-3/h2-6,23H,7-14H2,1H3;1-5,13H;3H,2H2,1H3. The number of carbonyl (C=O) groups is 4. The van der Waals surface area contributed by atoms with E-state index in [-0.39, 0.29) is 43.1 Å². The van der Waals surface area contributed by atoms with Gasteiger partial charge in [-0.05, 0) is 43.3 Å². The van der Waals surface area contributed by atoms with Crippen LogP contribution in [0.5, 0.6) is 11.5 Å². The van der Waals surface area contributed by atoms with Crippen LogP contribution in [0.2, 0.25) is 0 Å². The molecule has 13 nitrogen and oxygen atoms in total. The Bertz CT molecular complexity index is 1740. The van der Waals surface area contributed by atoms with Crippen LogP contribution in [-0.2, 0) is 23.7 Å². The predicted octanol–water partition coefficient (Wildman–Crippen LogP) is 3.69. The molecule has 13 heteroatoms. The summed E-state index contributed by atoms with van der Waals surface area (Å²) in [6.07, 6.45) is 0. The molecule has 0 atom stereocenters. The van der Waals surface area contributed by atoms with Crippen molar-refractivity contribution < 1.29 is 58.2 Å². The molecule has 0 aromatic heterocycles. The number of aromatic hydroxyl groups is 2. The Morgan fingerprint density at radius 3 is 1.56 bits per heavy atom. The minimum absolute atomic E-state index is 0.0445. The van der Waals surface area contributed by atoms with Crippen LogP contribution in [0.3, 0.4) is 0 Å². The third-order valence-electron chi connectivity index (χ3n) is 7.25. The molecule has 0 bridgehead atoms. The molecular weight excluding hydrogens is 626 g/mol. The molecule has 0 aliphatic carbocycles. The molecule has 0 saturated carbocycles. The molecule has 2 heterocycles. The van der Waals surface area contributed by atoms with Gasteiger partial charge in [0.1, 0.15) is 11.5 Å². The van der Waals surface area contributed by atoms with Gasteiger partial charge in [-0.25, -0.2) is 9.59 Å². The zero-order valence-corrected chi connectivity index (χ0v) is 26.6. The molecule has 2 aliphatic heterocycles. The number of hydrogen-bond donors (Lipinski definition) is 3. The number of phenols is 2. The summed E-state index contributed by atoms with van der Waals surface area (Å²) in [5, 5.41) is 29.2. The Morgan fingerprint density at radius 1 is 0.604 bits per heavy atom. The second-order valence-corrected chi connectivity index (χ2v) is 10.3. The topological polar surface area (TPSA) is 178 Å². The molecule has 2 amide bonds. The molecule has 4 aromatic rings. The number of ether oxygens (including phenoxy) is 5. The maximum atomic E-state index is 12.8. The van der Waals surface area contributed by atoms with Crippen molar-refractivity contribution in [2.24, 2.45) is 0 Å². The smallest absolute Gasteiger partial charge is 0.346 e. The van der Waals surface area contributed by atoms with Crippen molar-refractivity contribution in [2.75, 3.05) is 66.5 Å². The Balaban J connectivity index is 0.000000228. The highest BCUT2D eigenvalue weighted by Crippen LogP contribution is 2.35. The van der Waals surface area contributed by atoms with E-state index in [1.165, 1.54) is 23.1 Å². The number of nitrogens with zero attached hydrogens (tertiary/aromatic N) is 1. The van der Waals surface area contributed by atoms with Crippen LogP contribution < -0.4 is 0 Å². The van der Waals surface area contributed by atoms with Gasteiger partial charge in [-0.2, -0.15) is 0 Å². The van der Waals surface area contributed by atoms with Gasteiger partial charge in [0.15, 0.2) is 0 Å². The summed E-state index contributed by atoms with van der Waals surface area (Å²) in [4.78, 5) is 49.6. The van der Waals surface area contributed by atoms with Crippen molar-refractivity contribution in [3.63, 3.8) is 0 Å². The van der Waals surface area contributed by atoms with Crippen LogP contribution >= 0.6 is 0 Å². The molecule has 0 fully saturated rings. The highest BCUT2D eigenvalue weighted by Gasteiger charge is 2.33. The lowest BCUT2D eigenvalue weighted by molar-refractivity contribution is 0.00148. The van der Waals surface area contributed by atoms with E-state index in [2.05, 4.69) is 4.74 Å². The van der Waals surface area contributed by atoms with Crippen LogP contribution in [0.15, 0.2) is 60.7 Å². The summed E-state index contributed by atoms with van der Waals surface area (Å²) in [5.74, 6) is -2.02. The Kier molecular flexibility index (Phi) is 12.9. The molecule has 0 radical (unpaired) electrons. The summed E-state index contributed by atoms with van der Waals surface area (Å²) in [7, 11) is 1.62. The zero-order chi connectivity index (χ0) is 34.6. The SMILES string of the molecule is CCO.COCCOCCOCCOCCN1C(=O)c2cccc3c(O)ccc(c23)C1=O.O=C1OC(=O)c2ccc(O)c3cccc1c23. The van der Waals surface area contributed by atoms with Crippen molar-refractivity contribution in [3.05, 3.63) is 82.9 Å². The molecule has 254 valence electrons. The van der Waals surface area contributed by atoms with E-state index >= 15 is 0 Å². The number of rotatable bonds is 12. The van der Waals surface area contributed by atoms with Crippen molar-refractivity contribution >= 4 is 45.3 Å². The average Bonchev–Trinajstić information content (AvgIpc) is 3.08. The predicted molar refractivity (Wildman–Crippen MR) is 173 cm³/mol. The quantitative estimate of drug-likeness (QED) is 0.0868. The number of aliphatic hydroxyl groups is 1.